The lowest BCUT2D eigenvalue weighted by atomic mass is 10.0. The van der Waals surface area contributed by atoms with E-state index in [1.54, 1.807) is 0 Å². The molecule has 0 saturated heterocycles. The molecule has 0 aliphatic carbocycles. The lowest BCUT2D eigenvalue weighted by Crippen LogP contribution is -1.99. The Morgan fingerprint density at radius 2 is 2.30 bits per heavy atom. The van der Waals surface area contributed by atoms with E-state index in [9.17, 15) is 0 Å². The Bertz CT molecular complexity index is 101. The van der Waals surface area contributed by atoms with Crippen LogP contribution in [0.1, 0.15) is 19.8 Å². The van der Waals surface area contributed by atoms with Gasteiger partial charge in [0, 0.05) is 11.9 Å². The number of halogens is 1. The van der Waals surface area contributed by atoms with E-state index in [1.165, 1.54) is 5.57 Å². The van der Waals surface area contributed by atoms with Crippen molar-refractivity contribution in [1.82, 2.24) is 0 Å². The molecule has 0 aromatic carbocycles. The van der Waals surface area contributed by atoms with Crippen LogP contribution in [-0.2, 0) is 0 Å². The second-order valence-corrected chi connectivity index (χ2v) is 3.27. The quantitative estimate of drug-likeness (QED) is 0.541. The summed E-state index contributed by atoms with van der Waals surface area (Å²) >= 11 is 3.33. The molecule has 0 aromatic heterocycles. The highest BCUT2D eigenvalue weighted by atomic mass is 79.9. The molecule has 10 heavy (non-hydrogen) atoms. The standard InChI is InChI=1S/C8H15BrO/c1-7(3-4-10)5-8(2)6-9/h7,10H,2-6H2,1H3/t7-/m0/s1. The van der Waals surface area contributed by atoms with Gasteiger partial charge < -0.3 is 5.11 Å². The first kappa shape index (κ1) is 10.2. The minimum atomic E-state index is 0.288. The molecule has 0 aromatic rings. The summed E-state index contributed by atoms with van der Waals surface area (Å²) in [5, 5.41) is 9.46. The molecule has 0 aliphatic rings. The van der Waals surface area contributed by atoms with E-state index in [-0.39, 0.29) is 6.61 Å². The molecule has 0 radical (unpaired) electrons. The van der Waals surface area contributed by atoms with Gasteiger partial charge in [-0.05, 0) is 18.8 Å². The second-order valence-electron chi connectivity index (χ2n) is 2.71. The molecule has 0 heterocycles. The van der Waals surface area contributed by atoms with E-state index in [0.29, 0.717) is 5.92 Å². The lowest BCUT2D eigenvalue weighted by molar-refractivity contribution is 0.262. The summed E-state index contributed by atoms with van der Waals surface area (Å²) in [4.78, 5) is 0. The average Bonchev–Trinajstić information content (AvgIpc) is 1.88. The molecule has 0 unspecified atom stereocenters. The van der Waals surface area contributed by atoms with E-state index in [1.807, 2.05) is 0 Å². The topological polar surface area (TPSA) is 20.2 Å². The monoisotopic (exact) mass is 206 g/mol. The Labute approximate surface area is 71.3 Å². The van der Waals surface area contributed by atoms with Crippen LogP contribution in [0.15, 0.2) is 12.2 Å². The molecule has 0 spiro atoms. The van der Waals surface area contributed by atoms with Crippen LogP contribution in [0.4, 0.5) is 0 Å². The second kappa shape index (κ2) is 5.93. The van der Waals surface area contributed by atoms with E-state index in [2.05, 4.69) is 29.4 Å². The summed E-state index contributed by atoms with van der Waals surface area (Å²) < 4.78 is 0. The van der Waals surface area contributed by atoms with Crippen LogP contribution < -0.4 is 0 Å². The van der Waals surface area contributed by atoms with Crippen LogP contribution >= 0.6 is 15.9 Å². The predicted octanol–water partition coefficient (Wildman–Crippen LogP) is 2.35. The molecule has 0 fully saturated rings. The van der Waals surface area contributed by atoms with Gasteiger partial charge in [0.15, 0.2) is 0 Å². The first-order valence-corrected chi connectivity index (χ1v) is 4.66. The number of aliphatic hydroxyl groups excluding tert-OH is 1. The summed E-state index contributed by atoms with van der Waals surface area (Å²) in [6.45, 7) is 6.28. The summed E-state index contributed by atoms with van der Waals surface area (Å²) in [5.41, 5.74) is 1.21. The van der Waals surface area contributed by atoms with Gasteiger partial charge in [0.25, 0.3) is 0 Å². The van der Waals surface area contributed by atoms with Crippen molar-refractivity contribution in [2.75, 3.05) is 11.9 Å². The largest absolute Gasteiger partial charge is 0.396 e. The highest BCUT2D eigenvalue weighted by Crippen LogP contribution is 2.14. The third kappa shape index (κ3) is 5.00. The number of hydrogen-bond donors (Lipinski definition) is 1. The van der Waals surface area contributed by atoms with Gasteiger partial charge >= 0.3 is 0 Å². The maximum atomic E-state index is 8.58. The molecule has 0 aliphatic heterocycles. The molecule has 0 amide bonds. The van der Waals surface area contributed by atoms with Crippen LogP contribution in [0.25, 0.3) is 0 Å². The zero-order valence-electron chi connectivity index (χ0n) is 6.44. The number of alkyl halides is 1. The van der Waals surface area contributed by atoms with Crippen molar-refractivity contribution in [1.29, 1.82) is 0 Å². The van der Waals surface area contributed by atoms with Gasteiger partial charge in [0.2, 0.25) is 0 Å². The first-order valence-electron chi connectivity index (χ1n) is 3.54. The zero-order valence-corrected chi connectivity index (χ0v) is 8.02. The molecular formula is C8H15BrO. The van der Waals surface area contributed by atoms with Gasteiger partial charge in [-0.3, -0.25) is 0 Å². The minimum Gasteiger partial charge on any atom is -0.396 e. The van der Waals surface area contributed by atoms with Crippen LogP contribution in [0.5, 0.6) is 0 Å². The third-order valence-electron chi connectivity index (χ3n) is 1.45. The van der Waals surface area contributed by atoms with Gasteiger partial charge in [-0.25, -0.2) is 0 Å². The normalized spacial score (nSPS) is 13.1. The van der Waals surface area contributed by atoms with Crippen molar-refractivity contribution in [3.05, 3.63) is 12.2 Å². The lowest BCUT2D eigenvalue weighted by Gasteiger charge is -2.08. The van der Waals surface area contributed by atoms with Crippen LogP contribution in [0.2, 0.25) is 0 Å². The Morgan fingerprint density at radius 3 is 2.70 bits per heavy atom. The molecule has 0 rings (SSSR count). The van der Waals surface area contributed by atoms with Crippen molar-refractivity contribution >= 4 is 15.9 Å². The van der Waals surface area contributed by atoms with Gasteiger partial charge in [0.1, 0.15) is 0 Å². The summed E-state index contributed by atoms with van der Waals surface area (Å²) in [6, 6.07) is 0. The molecule has 1 N–H and O–H groups in total. The fraction of sp³-hybridized carbons (Fsp3) is 0.750. The Hall–Kier alpha value is 0.180. The molecule has 1 nitrogen and oxygen atoms in total. The van der Waals surface area contributed by atoms with E-state index < -0.39 is 0 Å². The minimum absolute atomic E-state index is 0.288. The summed E-state index contributed by atoms with van der Waals surface area (Å²) in [7, 11) is 0. The van der Waals surface area contributed by atoms with Crippen molar-refractivity contribution in [3.8, 4) is 0 Å². The van der Waals surface area contributed by atoms with Crippen LogP contribution in [-0.4, -0.2) is 17.0 Å². The Morgan fingerprint density at radius 1 is 1.70 bits per heavy atom. The number of aliphatic hydroxyl groups is 1. The molecule has 0 bridgehead atoms. The smallest absolute Gasteiger partial charge is 0.0433 e. The Kier molecular flexibility index (Phi) is 6.03. The number of rotatable bonds is 5. The highest BCUT2D eigenvalue weighted by molar-refractivity contribution is 9.09. The fourth-order valence-electron chi connectivity index (χ4n) is 0.870. The van der Waals surface area contributed by atoms with Crippen molar-refractivity contribution in [2.24, 2.45) is 5.92 Å². The predicted molar refractivity (Wildman–Crippen MR) is 48.4 cm³/mol. The maximum Gasteiger partial charge on any atom is 0.0433 e. The van der Waals surface area contributed by atoms with Crippen molar-refractivity contribution < 1.29 is 5.11 Å². The van der Waals surface area contributed by atoms with Gasteiger partial charge in [-0.15, -0.1) is 0 Å². The van der Waals surface area contributed by atoms with Gasteiger partial charge in [-0.2, -0.15) is 0 Å². The molecule has 1 atom stereocenters. The third-order valence-corrected chi connectivity index (χ3v) is 2.24. The van der Waals surface area contributed by atoms with Gasteiger partial charge in [-0.1, -0.05) is 35.0 Å². The number of hydrogen-bond acceptors (Lipinski definition) is 1. The maximum absolute atomic E-state index is 8.58. The average molecular weight is 207 g/mol. The van der Waals surface area contributed by atoms with Crippen LogP contribution in [0.3, 0.4) is 0 Å². The Balaban J connectivity index is 3.37. The molecule has 60 valence electrons. The SMILES string of the molecule is C=C(CBr)C[C@@H](C)CCO. The molecule has 2 heteroatoms. The van der Waals surface area contributed by atoms with Crippen LogP contribution in [0, 0.1) is 5.92 Å². The molecule has 0 saturated carbocycles. The molecular weight excluding hydrogens is 192 g/mol. The summed E-state index contributed by atoms with van der Waals surface area (Å²) in [5.74, 6) is 0.565. The van der Waals surface area contributed by atoms with E-state index in [4.69, 9.17) is 5.11 Å². The van der Waals surface area contributed by atoms with E-state index in [0.717, 1.165) is 18.2 Å². The summed E-state index contributed by atoms with van der Waals surface area (Å²) in [6.07, 6.45) is 1.90. The zero-order chi connectivity index (χ0) is 7.98. The number of allylic oxidation sites excluding steroid dienone is 1. The van der Waals surface area contributed by atoms with Gasteiger partial charge in [0.05, 0.1) is 0 Å². The van der Waals surface area contributed by atoms with Crippen molar-refractivity contribution in [2.45, 2.75) is 19.8 Å². The highest BCUT2D eigenvalue weighted by Gasteiger charge is 2.01. The van der Waals surface area contributed by atoms with E-state index >= 15 is 0 Å². The van der Waals surface area contributed by atoms with Crippen molar-refractivity contribution in [3.63, 3.8) is 0 Å². The first-order chi connectivity index (χ1) is 4.70. The fourth-order valence-corrected chi connectivity index (χ4v) is 1.10.